The molecule has 0 spiro atoms. The predicted octanol–water partition coefficient (Wildman–Crippen LogP) is 3.13. The van der Waals surface area contributed by atoms with E-state index >= 15 is 0 Å². The summed E-state index contributed by atoms with van der Waals surface area (Å²) < 4.78 is 5.35. The molecule has 1 aromatic rings. The fourth-order valence-electron chi connectivity index (χ4n) is 3.80. The van der Waals surface area contributed by atoms with Crippen molar-refractivity contribution in [3.8, 4) is 17.9 Å². The van der Waals surface area contributed by atoms with Gasteiger partial charge in [-0.15, -0.1) is 0 Å². The van der Waals surface area contributed by atoms with Gasteiger partial charge in [-0.25, -0.2) is 0 Å². The van der Waals surface area contributed by atoms with E-state index in [2.05, 4.69) is 6.92 Å². The predicted molar refractivity (Wildman–Crippen MR) is 85.7 cm³/mol. The summed E-state index contributed by atoms with van der Waals surface area (Å²) in [4.78, 5) is 14.7. The van der Waals surface area contributed by atoms with Crippen LogP contribution in [0.25, 0.3) is 5.57 Å². The van der Waals surface area contributed by atoms with Crippen LogP contribution in [0.2, 0.25) is 0 Å². The molecule has 23 heavy (non-hydrogen) atoms. The van der Waals surface area contributed by atoms with Crippen molar-refractivity contribution in [3.05, 3.63) is 28.8 Å². The second-order valence-corrected chi connectivity index (χ2v) is 6.64. The van der Waals surface area contributed by atoms with Crippen molar-refractivity contribution < 1.29 is 9.53 Å². The van der Waals surface area contributed by atoms with Crippen LogP contribution in [0.1, 0.15) is 44.2 Å². The van der Waals surface area contributed by atoms with Crippen LogP contribution < -0.4 is 9.64 Å². The van der Waals surface area contributed by atoms with E-state index in [9.17, 15) is 15.3 Å². The molecular formula is C18H17N3O2. The van der Waals surface area contributed by atoms with Crippen LogP contribution in [0.3, 0.4) is 0 Å². The van der Waals surface area contributed by atoms with Crippen molar-refractivity contribution in [1.82, 2.24) is 0 Å². The molecule has 5 nitrogen and oxygen atoms in total. The Hall–Kier alpha value is -2.79. The highest BCUT2D eigenvalue weighted by molar-refractivity contribution is 6.35. The van der Waals surface area contributed by atoms with Gasteiger partial charge in [-0.1, -0.05) is 6.92 Å². The van der Waals surface area contributed by atoms with Gasteiger partial charge in [0.25, 0.3) is 5.91 Å². The van der Waals surface area contributed by atoms with Gasteiger partial charge in [0.2, 0.25) is 0 Å². The summed E-state index contributed by atoms with van der Waals surface area (Å²) >= 11 is 0. The summed E-state index contributed by atoms with van der Waals surface area (Å²) in [6, 6.07) is 7.40. The fourth-order valence-corrected chi connectivity index (χ4v) is 3.80. The Morgan fingerprint density at radius 2 is 2.00 bits per heavy atom. The van der Waals surface area contributed by atoms with Crippen molar-refractivity contribution in [2.45, 2.75) is 38.6 Å². The monoisotopic (exact) mass is 307 g/mol. The molecule has 3 rings (SSSR count). The van der Waals surface area contributed by atoms with Crippen molar-refractivity contribution in [2.75, 3.05) is 12.0 Å². The van der Waals surface area contributed by atoms with Crippen LogP contribution >= 0.6 is 0 Å². The highest BCUT2D eigenvalue weighted by Gasteiger charge is 2.48. The second kappa shape index (κ2) is 4.86. The molecule has 2 aliphatic heterocycles. The normalized spacial score (nSPS) is 20.6. The number of hydrogen-bond donors (Lipinski definition) is 0. The van der Waals surface area contributed by atoms with Gasteiger partial charge in [0.1, 0.15) is 23.5 Å². The summed E-state index contributed by atoms with van der Waals surface area (Å²) in [7, 11) is 1.57. The largest absolute Gasteiger partial charge is 0.497 e. The Bertz CT molecular complexity index is 821. The zero-order valence-electron chi connectivity index (χ0n) is 13.6. The molecule has 0 aromatic heterocycles. The Kier molecular flexibility index (Phi) is 3.19. The molecule has 0 aliphatic carbocycles. The van der Waals surface area contributed by atoms with Gasteiger partial charge >= 0.3 is 0 Å². The van der Waals surface area contributed by atoms with Crippen LogP contribution in [0.4, 0.5) is 5.69 Å². The molecule has 0 radical (unpaired) electrons. The third-order valence-corrected chi connectivity index (χ3v) is 4.67. The molecule has 0 saturated carbocycles. The quantitative estimate of drug-likeness (QED) is 0.590. The number of amides is 1. The SMILES string of the molecule is COc1cc2c3c(c1)C(C)CC(C)(C)N3C(=O)C2=C(C#N)C#N. The summed E-state index contributed by atoms with van der Waals surface area (Å²) in [5, 5.41) is 18.5. The van der Waals surface area contributed by atoms with Crippen LogP contribution in [-0.2, 0) is 4.79 Å². The van der Waals surface area contributed by atoms with E-state index in [-0.39, 0.29) is 28.5 Å². The van der Waals surface area contributed by atoms with Gasteiger partial charge in [0.15, 0.2) is 0 Å². The number of methoxy groups -OCH3 is 1. The first kappa shape index (κ1) is 15.1. The molecule has 0 N–H and O–H groups in total. The van der Waals surface area contributed by atoms with Crippen molar-refractivity contribution in [2.24, 2.45) is 0 Å². The van der Waals surface area contributed by atoms with Gasteiger partial charge in [-0.2, -0.15) is 10.5 Å². The molecule has 1 amide bonds. The van der Waals surface area contributed by atoms with Crippen molar-refractivity contribution in [1.29, 1.82) is 10.5 Å². The van der Waals surface area contributed by atoms with Crippen molar-refractivity contribution in [3.63, 3.8) is 0 Å². The summed E-state index contributed by atoms with van der Waals surface area (Å²) in [5.41, 5.74) is 2.14. The Labute approximate surface area is 135 Å². The smallest absolute Gasteiger partial charge is 0.261 e. The average Bonchev–Trinajstić information content (AvgIpc) is 2.80. The van der Waals surface area contributed by atoms with Gasteiger partial charge in [-0.05, 0) is 43.9 Å². The zero-order chi connectivity index (χ0) is 16.9. The number of ether oxygens (including phenoxy) is 1. The first-order valence-electron chi connectivity index (χ1n) is 7.47. The number of nitrogens with zero attached hydrogens (tertiary/aromatic N) is 3. The third kappa shape index (κ3) is 1.94. The number of carbonyl (C=O) groups excluding carboxylic acids is 1. The second-order valence-electron chi connectivity index (χ2n) is 6.64. The zero-order valence-corrected chi connectivity index (χ0v) is 13.6. The minimum atomic E-state index is -0.370. The maximum absolute atomic E-state index is 13.0. The maximum atomic E-state index is 13.0. The topological polar surface area (TPSA) is 77.1 Å². The molecule has 1 aromatic carbocycles. The standard InChI is InChI=1S/C18H17N3O2/c1-10-7-18(2,3)21-16-13(10)5-12(23-4)6-14(16)15(17(21)22)11(8-19)9-20/h5-6,10H,7H2,1-4H3. The number of anilines is 1. The lowest BCUT2D eigenvalue weighted by Crippen LogP contribution is -2.49. The van der Waals surface area contributed by atoms with Crippen LogP contribution in [0.15, 0.2) is 17.7 Å². The molecular weight excluding hydrogens is 290 g/mol. The molecule has 116 valence electrons. The Morgan fingerprint density at radius 1 is 1.35 bits per heavy atom. The maximum Gasteiger partial charge on any atom is 0.261 e. The summed E-state index contributed by atoms with van der Waals surface area (Å²) in [6.07, 6.45) is 0.806. The number of allylic oxidation sites excluding steroid dienone is 1. The molecule has 0 saturated heterocycles. The van der Waals surface area contributed by atoms with Crippen molar-refractivity contribution >= 4 is 17.2 Å². The van der Waals surface area contributed by atoms with Crippen LogP contribution in [0.5, 0.6) is 5.75 Å². The third-order valence-electron chi connectivity index (χ3n) is 4.67. The highest BCUT2D eigenvalue weighted by Crippen LogP contribution is 2.53. The van der Waals surface area contributed by atoms with E-state index in [1.54, 1.807) is 18.1 Å². The lowest BCUT2D eigenvalue weighted by atomic mass is 9.80. The molecule has 1 atom stereocenters. The van der Waals surface area contributed by atoms with Gasteiger partial charge in [0.05, 0.1) is 18.4 Å². The number of benzene rings is 1. The van der Waals surface area contributed by atoms with E-state index in [1.807, 2.05) is 32.1 Å². The van der Waals surface area contributed by atoms with Gasteiger partial charge in [0, 0.05) is 11.1 Å². The highest BCUT2D eigenvalue weighted by atomic mass is 16.5. The van der Waals surface area contributed by atoms with Gasteiger partial charge in [-0.3, -0.25) is 4.79 Å². The lowest BCUT2D eigenvalue weighted by Gasteiger charge is -2.43. The fraction of sp³-hybridized carbons (Fsp3) is 0.389. The molecule has 5 heteroatoms. The molecule has 0 fully saturated rings. The summed E-state index contributed by atoms with van der Waals surface area (Å²) in [5.74, 6) is 0.613. The van der Waals surface area contributed by atoms with Crippen LogP contribution in [-0.4, -0.2) is 18.6 Å². The molecule has 1 unspecified atom stereocenters. The van der Waals surface area contributed by atoms with E-state index in [4.69, 9.17) is 4.74 Å². The van der Waals surface area contributed by atoms with Crippen LogP contribution in [0, 0.1) is 22.7 Å². The first-order chi connectivity index (χ1) is 10.9. The number of hydrogen-bond acceptors (Lipinski definition) is 4. The first-order valence-corrected chi connectivity index (χ1v) is 7.47. The molecule has 0 bridgehead atoms. The Morgan fingerprint density at radius 3 is 2.57 bits per heavy atom. The number of rotatable bonds is 1. The minimum absolute atomic E-state index is 0.150. The van der Waals surface area contributed by atoms with E-state index in [0.29, 0.717) is 11.3 Å². The minimum Gasteiger partial charge on any atom is -0.497 e. The Balaban J connectivity index is 2.43. The van der Waals surface area contributed by atoms with E-state index in [0.717, 1.165) is 17.7 Å². The number of carbonyl (C=O) groups is 1. The molecule has 2 aliphatic rings. The lowest BCUT2D eigenvalue weighted by molar-refractivity contribution is -0.114. The summed E-state index contributed by atoms with van der Waals surface area (Å²) in [6.45, 7) is 6.15. The van der Waals surface area contributed by atoms with E-state index in [1.165, 1.54) is 0 Å². The number of nitriles is 2. The van der Waals surface area contributed by atoms with Gasteiger partial charge < -0.3 is 9.64 Å². The van der Waals surface area contributed by atoms with E-state index < -0.39 is 0 Å². The molecule has 2 heterocycles. The average molecular weight is 307 g/mol.